The van der Waals surface area contributed by atoms with Crippen molar-refractivity contribution in [1.82, 2.24) is 5.32 Å². The average Bonchev–Trinajstić information content (AvgIpc) is 2.91. The minimum absolute atomic E-state index is 0.333. The number of hydrogen-bond donors (Lipinski definition) is 1. The predicted molar refractivity (Wildman–Crippen MR) is 73.3 cm³/mol. The first-order valence-corrected chi connectivity index (χ1v) is 7.93. The Morgan fingerprint density at radius 1 is 1.22 bits per heavy atom. The van der Waals surface area contributed by atoms with Crippen LogP contribution in [0.3, 0.4) is 0 Å². The van der Waals surface area contributed by atoms with Crippen LogP contribution in [0.5, 0.6) is 0 Å². The van der Waals surface area contributed by atoms with Crippen LogP contribution in [0.15, 0.2) is 0 Å². The van der Waals surface area contributed by atoms with Crippen molar-refractivity contribution in [2.45, 2.75) is 58.4 Å². The second-order valence-electron chi connectivity index (χ2n) is 7.14. The van der Waals surface area contributed by atoms with Gasteiger partial charge in [-0.1, -0.05) is 20.3 Å². The van der Waals surface area contributed by atoms with E-state index in [0.717, 1.165) is 42.9 Å². The maximum atomic E-state index is 12.3. The molecule has 1 N–H and O–H groups in total. The van der Waals surface area contributed by atoms with Crippen molar-refractivity contribution in [2.75, 3.05) is 6.54 Å². The number of nitrogens with one attached hydrogen (secondary N) is 1. The van der Waals surface area contributed by atoms with Crippen LogP contribution in [0.2, 0.25) is 0 Å². The molecule has 1 saturated heterocycles. The molecule has 1 aliphatic heterocycles. The first kappa shape index (κ1) is 12.7. The summed E-state index contributed by atoms with van der Waals surface area (Å²) in [5, 5.41) is 3.70. The van der Waals surface area contributed by atoms with Gasteiger partial charge in [0.25, 0.3) is 0 Å². The van der Waals surface area contributed by atoms with E-state index in [-0.39, 0.29) is 0 Å². The van der Waals surface area contributed by atoms with E-state index >= 15 is 0 Å². The predicted octanol–water partition coefficient (Wildman–Crippen LogP) is 3.02. The fraction of sp³-hybridized carbons (Fsp3) is 0.938. The number of carbonyl (C=O) groups excluding carboxylic acids is 1. The summed E-state index contributed by atoms with van der Waals surface area (Å²) >= 11 is 0. The van der Waals surface area contributed by atoms with E-state index in [4.69, 9.17) is 0 Å². The molecule has 2 nitrogen and oxygen atoms in total. The second-order valence-corrected chi connectivity index (χ2v) is 7.14. The van der Waals surface area contributed by atoms with Gasteiger partial charge in [0, 0.05) is 18.4 Å². The van der Waals surface area contributed by atoms with Gasteiger partial charge in [0.1, 0.15) is 5.78 Å². The summed E-state index contributed by atoms with van der Waals surface area (Å²) in [5.74, 6) is 4.08. The molecule has 0 aromatic carbocycles. The van der Waals surface area contributed by atoms with Crippen LogP contribution in [-0.4, -0.2) is 18.4 Å². The van der Waals surface area contributed by atoms with Crippen LogP contribution < -0.4 is 5.32 Å². The standard InChI is InChI=1S/C16H27NO/c1-10(2)11-6-7-15(18)14(8-11)16-13-5-3-4-12(13)9-17-16/h10-14,16-17H,3-9H2,1-2H3. The third kappa shape index (κ3) is 2.13. The smallest absolute Gasteiger partial charge is 0.137 e. The van der Waals surface area contributed by atoms with Crippen molar-refractivity contribution < 1.29 is 4.79 Å². The topological polar surface area (TPSA) is 29.1 Å². The summed E-state index contributed by atoms with van der Waals surface area (Å²) in [4.78, 5) is 12.3. The molecule has 102 valence electrons. The summed E-state index contributed by atoms with van der Waals surface area (Å²) < 4.78 is 0. The monoisotopic (exact) mass is 249 g/mol. The Morgan fingerprint density at radius 2 is 2.06 bits per heavy atom. The normalized spacial score (nSPS) is 44.6. The van der Waals surface area contributed by atoms with Crippen LogP contribution >= 0.6 is 0 Å². The van der Waals surface area contributed by atoms with Crippen molar-refractivity contribution in [2.24, 2.45) is 29.6 Å². The fourth-order valence-corrected chi connectivity index (χ4v) is 4.71. The minimum Gasteiger partial charge on any atom is -0.313 e. The molecule has 0 bridgehead atoms. The SMILES string of the molecule is CC(C)C1CCC(=O)C(C2NCC3CCCC32)C1. The Kier molecular flexibility index (Phi) is 3.48. The van der Waals surface area contributed by atoms with E-state index in [2.05, 4.69) is 19.2 Å². The molecule has 2 saturated carbocycles. The van der Waals surface area contributed by atoms with Crippen molar-refractivity contribution in [3.63, 3.8) is 0 Å². The maximum absolute atomic E-state index is 12.3. The lowest BCUT2D eigenvalue weighted by Crippen LogP contribution is -2.43. The van der Waals surface area contributed by atoms with Crippen molar-refractivity contribution in [1.29, 1.82) is 0 Å². The average molecular weight is 249 g/mol. The molecule has 5 unspecified atom stereocenters. The highest BCUT2D eigenvalue weighted by molar-refractivity contribution is 5.82. The lowest BCUT2D eigenvalue weighted by Gasteiger charge is -2.36. The summed E-state index contributed by atoms with van der Waals surface area (Å²) in [6.45, 7) is 5.81. The molecule has 0 aromatic rings. The van der Waals surface area contributed by atoms with E-state index in [9.17, 15) is 4.79 Å². The molecule has 0 spiro atoms. The maximum Gasteiger partial charge on any atom is 0.137 e. The van der Waals surface area contributed by atoms with Crippen molar-refractivity contribution >= 4 is 5.78 Å². The summed E-state index contributed by atoms with van der Waals surface area (Å²) in [7, 11) is 0. The third-order valence-corrected chi connectivity index (χ3v) is 5.90. The highest BCUT2D eigenvalue weighted by Crippen LogP contribution is 2.44. The third-order valence-electron chi connectivity index (χ3n) is 5.90. The van der Waals surface area contributed by atoms with Gasteiger partial charge >= 0.3 is 0 Å². The van der Waals surface area contributed by atoms with E-state index < -0.39 is 0 Å². The zero-order valence-corrected chi connectivity index (χ0v) is 11.8. The van der Waals surface area contributed by atoms with Gasteiger partial charge in [0.2, 0.25) is 0 Å². The Labute approximate surface area is 111 Å². The number of fused-ring (bicyclic) bond motifs is 1. The molecule has 3 aliphatic rings. The molecule has 1 heterocycles. The van der Waals surface area contributed by atoms with Crippen LogP contribution in [-0.2, 0) is 4.79 Å². The van der Waals surface area contributed by atoms with E-state index in [1.807, 2.05) is 0 Å². The summed E-state index contributed by atoms with van der Waals surface area (Å²) in [5.41, 5.74) is 0. The van der Waals surface area contributed by atoms with Gasteiger partial charge in [-0.25, -0.2) is 0 Å². The molecule has 2 heteroatoms. The van der Waals surface area contributed by atoms with Crippen molar-refractivity contribution in [3.8, 4) is 0 Å². The fourth-order valence-electron chi connectivity index (χ4n) is 4.71. The Hall–Kier alpha value is -0.370. The zero-order valence-electron chi connectivity index (χ0n) is 11.8. The zero-order chi connectivity index (χ0) is 12.7. The Balaban J connectivity index is 1.71. The summed E-state index contributed by atoms with van der Waals surface area (Å²) in [6.07, 6.45) is 7.26. The van der Waals surface area contributed by atoms with Crippen LogP contribution in [0.4, 0.5) is 0 Å². The molecule has 0 aromatic heterocycles. The van der Waals surface area contributed by atoms with Crippen molar-refractivity contribution in [3.05, 3.63) is 0 Å². The molecular formula is C16H27NO. The molecule has 18 heavy (non-hydrogen) atoms. The van der Waals surface area contributed by atoms with Gasteiger partial charge in [-0.3, -0.25) is 4.79 Å². The van der Waals surface area contributed by atoms with Crippen LogP contribution in [0.25, 0.3) is 0 Å². The number of rotatable bonds is 2. The molecule has 0 amide bonds. The highest BCUT2D eigenvalue weighted by Gasteiger charge is 2.46. The summed E-state index contributed by atoms with van der Waals surface area (Å²) in [6, 6.07) is 0.520. The largest absolute Gasteiger partial charge is 0.313 e. The van der Waals surface area contributed by atoms with E-state index in [1.54, 1.807) is 0 Å². The quantitative estimate of drug-likeness (QED) is 0.815. The number of hydrogen-bond acceptors (Lipinski definition) is 2. The molecule has 5 atom stereocenters. The second kappa shape index (κ2) is 4.96. The molecular weight excluding hydrogens is 222 g/mol. The van der Waals surface area contributed by atoms with Gasteiger partial charge in [-0.05, 0) is 55.9 Å². The van der Waals surface area contributed by atoms with Gasteiger partial charge in [-0.15, -0.1) is 0 Å². The highest BCUT2D eigenvalue weighted by atomic mass is 16.1. The molecule has 3 fully saturated rings. The van der Waals surface area contributed by atoms with Crippen LogP contribution in [0, 0.1) is 29.6 Å². The van der Waals surface area contributed by atoms with E-state index in [1.165, 1.54) is 25.8 Å². The lowest BCUT2D eigenvalue weighted by molar-refractivity contribution is -0.127. The van der Waals surface area contributed by atoms with Gasteiger partial charge < -0.3 is 5.32 Å². The Bertz CT molecular complexity index is 325. The molecule has 2 aliphatic carbocycles. The number of carbonyl (C=O) groups is 1. The number of ketones is 1. The first-order chi connectivity index (χ1) is 8.66. The molecule has 0 radical (unpaired) electrons. The molecule has 3 rings (SSSR count). The minimum atomic E-state index is 0.333. The van der Waals surface area contributed by atoms with Gasteiger partial charge in [0.15, 0.2) is 0 Å². The van der Waals surface area contributed by atoms with Gasteiger partial charge in [0.05, 0.1) is 0 Å². The lowest BCUT2D eigenvalue weighted by atomic mass is 9.70. The van der Waals surface area contributed by atoms with Crippen LogP contribution in [0.1, 0.15) is 52.4 Å². The Morgan fingerprint density at radius 3 is 2.83 bits per heavy atom. The van der Waals surface area contributed by atoms with E-state index in [0.29, 0.717) is 17.7 Å². The van der Waals surface area contributed by atoms with Gasteiger partial charge in [-0.2, -0.15) is 0 Å². The first-order valence-electron chi connectivity index (χ1n) is 7.93. The number of Topliss-reactive ketones (excluding diaryl/α,β-unsaturated/α-hetero) is 1.